The molecule has 1 atom stereocenters. The van der Waals surface area contributed by atoms with Crippen molar-refractivity contribution in [2.75, 3.05) is 6.61 Å². The molecule has 16 heavy (non-hydrogen) atoms. The van der Waals surface area contributed by atoms with Crippen LogP contribution < -0.4 is 10.5 Å². The second-order valence-electron chi connectivity index (χ2n) is 3.66. The summed E-state index contributed by atoms with van der Waals surface area (Å²) in [6.07, 6.45) is 2.17. The van der Waals surface area contributed by atoms with E-state index in [1.54, 1.807) is 0 Å². The first-order valence-corrected chi connectivity index (χ1v) is 5.63. The van der Waals surface area contributed by atoms with Crippen LogP contribution in [0.3, 0.4) is 0 Å². The van der Waals surface area contributed by atoms with Crippen LogP contribution in [0.4, 0.5) is 0 Å². The number of nitriles is 1. The fourth-order valence-corrected chi connectivity index (χ4v) is 1.47. The van der Waals surface area contributed by atoms with Gasteiger partial charge in [0.2, 0.25) is 0 Å². The zero-order valence-electron chi connectivity index (χ0n) is 9.65. The minimum Gasteiger partial charge on any atom is -0.493 e. The molecule has 1 aromatic carbocycles. The van der Waals surface area contributed by atoms with Crippen molar-refractivity contribution in [1.29, 1.82) is 5.26 Å². The normalized spacial score (nSPS) is 11.8. The van der Waals surface area contributed by atoms with E-state index in [2.05, 4.69) is 13.0 Å². The number of unbranched alkanes of at least 4 members (excludes halogenated alkanes) is 1. The van der Waals surface area contributed by atoms with E-state index in [4.69, 9.17) is 15.7 Å². The van der Waals surface area contributed by atoms with Crippen molar-refractivity contribution in [2.24, 2.45) is 5.73 Å². The third-order valence-corrected chi connectivity index (χ3v) is 2.45. The summed E-state index contributed by atoms with van der Waals surface area (Å²) in [6, 6.07) is 9.94. The van der Waals surface area contributed by atoms with Crippen LogP contribution in [-0.4, -0.2) is 6.61 Å². The molecule has 0 bridgehead atoms. The van der Waals surface area contributed by atoms with Gasteiger partial charge in [-0.2, -0.15) is 5.26 Å². The van der Waals surface area contributed by atoms with Crippen LogP contribution in [0.15, 0.2) is 24.3 Å². The predicted octanol–water partition coefficient (Wildman–Crippen LogP) is 2.78. The van der Waals surface area contributed by atoms with Crippen LogP contribution >= 0.6 is 0 Å². The Kier molecular flexibility index (Phi) is 5.38. The molecule has 0 fully saturated rings. The minimum atomic E-state index is 0.0205. The molecule has 3 nitrogen and oxygen atoms in total. The van der Waals surface area contributed by atoms with E-state index in [0.717, 1.165) is 24.2 Å². The number of ether oxygens (including phenoxy) is 1. The van der Waals surface area contributed by atoms with Crippen LogP contribution in [0.25, 0.3) is 0 Å². The van der Waals surface area contributed by atoms with Gasteiger partial charge in [-0.05, 0) is 18.9 Å². The molecule has 0 radical (unpaired) electrons. The summed E-state index contributed by atoms with van der Waals surface area (Å²) < 4.78 is 5.63. The lowest BCUT2D eigenvalue weighted by atomic mass is 10.0. The maximum absolute atomic E-state index is 8.42. The Balaban J connectivity index is 2.61. The van der Waals surface area contributed by atoms with Crippen LogP contribution in [-0.2, 0) is 0 Å². The molecule has 0 aliphatic carbocycles. The summed E-state index contributed by atoms with van der Waals surface area (Å²) in [5.41, 5.74) is 7.04. The highest BCUT2D eigenvalue weighted by Gasteiger charge is 2.09. The molecule has 0 spiro atoms. The van der Waals surface area contributed by atoms with Crippen molar-refractivity contribution in [3.05, 3.63) is 29.8 Å². The van der Waals surface area contributed by atoms with Crippen LogP contribution in [0, 0.1) is 11.3 Å². The maximum Gasteiger partial charge on any atom is 0.124 e. The summed E-state index contributed by atoms with van der Waals surface area (Å²) >= 11 is 0. The minimum absolute atomic E-state index is 0.0205. The number of para-hydroxylation sites is 1. The summed E-state index contributed by atoms with van der Waals surface area (Å²) in [5.74, 6) is 0.842. The van der Waals surface area contributed by atoms with Gasteiger partial charge >= 0.3 is 0 Å². The quantitative estimate of drug-likeness (QED) is 0.747. The van der Waals surface area contributed by atoms with E-state index in [-0.39, 0.29) is 6.04 Å². The van der Waals surface area contributed by atoms with E-state index < -0.39 is 0 Å². The highest BCUT2D eigenvalue weighted by molar-refractivity contribution is 5.35. The standard InChI is InChI=1S/C13H18N2O/c1-2-12(15)11-7-3-4-8-13(11)16-10-6-5-9-14/h3-4,7-8,12H,2,5-6,10,15H2,1H3/t12-/m0/s1. The molecule has 86 valence electrons. The summed E-state index contributed by atoms with van der Waals surface area (Å²) in [5, 5.41) is 8.42. The highest BCUT2D eigenvalue weighted by atomic mass is 16.5. The van der Waals surface area contributed by atoms with Gasteiger partial charge in [0.25, 0.3) is 0 Å². The van der Waals surface area contributed by atoms with Crippen molar-refractivity contribution in [2.45, 2.75) is 32.2 Å². The number of hydrogen-bond donors (Lipinski definition) is 1. The molecule has 0 aliphatic heterocycles. The van der Waals surface area contributed by atoms with E-state index in [1.165, 1.54) is 0 Å². The molecular formula is C13H18N2O. The van der Waals surface area contributed by atoms with Gasteiger partial charge in [0.05, 0.1) is 12.7 Å². The zero-order valence-corrected chi connectivity index (χ0v) is 9.65. The van der Waals surface area contributed by atoms with Crippen molar-refractivity contribution in [3.8, 4) is 11.8 Å². The van der Waals surface area contributed by atoms with E-state index >= 15 is 0 Å². The summed E-state index contributed by atoms with van der Waals surface area (Å²) in [7, 11) is 0. The molecule has 0 saturated heterocycles. The van der Waals surface area contributed by atoms with E-state index in [9.17, 15) is 0 Å². The molecule has 0 unspecified atom stereocenters. The molecule has 0 aliphatic rings. The molecule has 1 aromatic rings. The Bertz CT molecular complexity index is 357. The molecule has 0 heterocycles. The summed E-state index contributed by atoms with van der Waals surface area (Å²) in [6.45, 7) is 2.62. The largest absolute Gasteiger partial charge is 0.493 e. The Labute approximate surface area is 96.8 Å². The topological polar surface area (TPSA) is 59.0 Å². The molecule has 1 rings (SSSR count). The Morgan fingerprint density at radius 3 is 2.88 bits per heavy atom. The smallest absolute Gasteiger partial charge is 0.124 e. The number of nitrogens with zero attached hydrogens (tertiary/aromatic N) is 1. The van der Waals surface area contributed by atoms with E-state index in [1.807, 2.05) is 24.3 Å². The molecule has 0 saturated carbocycles. The van der Waals surface area contributed by atoms with Crippen LogP contribution in [0.5, 0.6) is 5.75 Å². The lowest BCUT2D eigenvalue weighted by molar-refractivity contribution is 0.307. The second kappa shape index (κ2) is 6.86. The van der Waals surface area contributed by atoms with Gasteiger partial charge in [-0.15, -0.1) is 0 Å². The van der Waals surface area contributed by atoms with Crippen molar-refractivity contribution in [3.63, 3.8) is 0 Å². The van der Waals surface area contributed by atoms with Gasteiger partial charge in [-0.25, -0.2) is 0 Å². The monoisotopic (exact) mass is 218 g/mol. The van der Waals surface area contributed by atoms with Gasteiger partial charge in [0, 0.05) is 18.0 Å². The molecular weight excluding hydrogens is 200 g/mol. The predicted molar refractivity (Wildman–Crippen MR) is 64.0 cm³/mol. The second-order valence-corrected chi connectivity index (χ2v) is 3.66. The van der Waals surface area contributed by atoms with Gasteiger partial charge in [0.1, 0.15) is 5.75 Å². The van der Waals surface area contributed by atoms with Crippen LogP contribution in [0.1, 0.15) is 37.8 Å². The Morgan fingerprint density at radius 1 is 1.44 bits per heavy atom. The lowest BCUT2D eigenvalue weighted by Gasteiger charge is -2.15. The molecule has 2 N–H and O–H groups in total. The third-order valence-electron chi connectivity index (χ3n) is 2.45. The molecule has 0 amide bonds. The van der Waals surface area contributed by atoms with Gasteiger partial charge in [-0.1, -0.05) is 25.1 Å². The molecule has 3 heteroatoms. The SMILES string of the molecule is CC[C@H](N)c1ccccc1OCCCC#N. The van der Waals surface area contributed by atoms with Crippen molar-refractivity contribution < 1.29 is 4.74 Å². The summed E-state index contributed by atoms with van der Waals surface area (Å²) in [4.78, 5) is 0. The number of benzene rings is 1. The zero-order chi connectivity index (χ0) is 11.8. The number of nitrogens with two attached hydrogens (primary N) is 1. The fourth-order valence-electron chi connectivity index (χ4n) is 1.47. The Hall–Kier alpha value is -1.53. The van der Waals surface area contributed by atoms with Gasteiger partial charge in [-0.3, -0.25) is 0 Å². The Morgan fingerprint density at radius 2 is 2.19 bits per heavy atom. The first kappa shape index (κ1) is 12.5. The van der Waals surface area contributed by atoms with Crippen LogP contribution in [0.2, 0.25) is 0 Å². The molecule has 0 aromatic heterocycles. The number of rotatable bonds is 6. The average molecular weight is 218 g/mol. The van der Waals surface area contributed by atoms with Gasteiger partial charge < -0.3 is 10.5 Å². The fraction of sp³-hybridized carbons (Fsp3) is 0.462. The first-order valence-electron chi connectivity index (χ1n) is 5.63. The van der Waals surface area contributed by atoms with E-state index in [0.29, 0.717) is 13.0 Å². The number of hydrogen-bond acceptors (Lipinski definition) is 3. The third kappa shape index (κ3) is 3.56. The van der Waals surface area contributed by atoms with Crippen molar-refractivity contribution in [1.82, 2.24) is 0 Å². The maximum atomic E-state index is 8.42. The lowest BCUT2D eigenvalue weighted by Crippen LogP contribution is -2.11. The first-order chi connectivity index (χ1) is 7.79. The highest BCUT2D eigenvalue weighted by Crippen LogP contribution is 2.25. The van der Waals surface area contributed by atoms with Crippen molar-refractivity contribution >= 4 is 0 Å². The van der Waals surface area contributed by atoms with Gasteiger partial charge in [0.15, 0.2) is 0 Å². The average Bonchev–Trinajstić information content (AvgIpc) is 2.34.